The number of aromatic nitrogens is 3. The van der Waals surface area contributed by atoms with Crippen LogP contribution in [0.15, 0.2) is 43.0 Å². The molecular weight excluding hydrogens is 428 g/mol. The van der Waals surface area contributed by atoms with Crippen molar-refractivity contribution in [2.45, 2.75) is 45.5 Å². The smallest absolute Gasteiger partial charge is 0.338 e. The Labute approximate surface area is 190 Å². The second-order valence-corrected chi connectivity index (χ2v) is 8.71. The number of hydrogen-bond acceptors (Lipinski definition) is 6. The number of cyclic esters (lactones) is 1. The molecule has 172 valence electrons. The predicted molar refractivity (Wildman–Crippen MR) is 117 cm³/mol. The van der Waals surface area contributed by atoms with Gasteiger partial charge in [0.25, 0.3) is 6.43 Å². The van der Waals surface area contributed by atoms with Gasteiger partial charge in [-0.25, -0.2) is 18.6 Å². The van der Waals surface area contributed by atoms with Crippen LogP contribution in [-0.4, -0.2) is 44.5 Å². The fourth-order valence-electron chi connectivity index (χ4n) is 4.73. The summed E-state index contributed by atoms with van der Waals surface area (Å²) in [6.07, 6.45) is 2.44. The third-order valence-electron chi connectivity index (χ3n) is 6.36. The van der Waals surface area contributed by atoms with Gasteiger partial charge in [-0.15, -0.1) is 0 Å². The third-order valence-corrected chi connectivity index (χ3v) is 6.36. The Bertz CT molecular complexity index is 1180. The van der Waals surface area contributed by atoms with Gasteiger partial charge in [0, 0.05) is 43.5 Å². The Balaban J connectivity index is 1.31. The van der Waals surface area contributed by atoms with Crippen LogP contribution in [0.3, 0.4) is 0 Å². The number of rotatable bonds is 5. The summed E-state index contributed by atoms with van der Waals surface area (Å²) in [5, 5.41) is 3.67. The van der Waals surface area contributed by atoms with E-state index in [0.29, 0.717) is 24.4 Å². The summed E-state index contributed by atoms with van der Waals surface area (Å²) in [5.74, 6) is -0.249. The van der Waals surface area contributed by atoms with Crippen LogP contribution in [-0.2, 0) is 17.9 Å². The van der Waals surface area contributed by atoms with Gasteiger partial charge in [-0.3, -0.25) is 9.88 Å². The Morgan fingerprint density at radius 3 is 2.82 bits per heavy atom. The van der Waals surface area contributed by atoms with E-state index in [1.165, 1.54) is 17.8 Å². The minimum atomic E-state index is -2.58. The zero-order valence-corrected chi connectivity index (χ0v) is 18.5. The average Bonchev–Trinajstić information content (AvgIpc) is 3.41. The number of carbonyl (C=O) groups excluding carboxylic acids is 1. The summed E-state index contributed by atoms with van der Waals surface area (Å²) in [6.45, 7) is 6.89. The van der Waals surface area contributed by atoms with Gasteiger partial charge in [-0.2, -0.15) is 0 Å². The standard InChI is InChI=1S/C24H25F2N5O2/c1-14-8-30(9-16-10-31(13-28-16)17-3-6-21(23(25)26)27-7-17)11-22(29-14)18-4-5-19-20(15(18)2)12-33-24(19)32/h3-7,10,13-14,22-23,29H,8-9,11-12H2,1-2H3/t14-,22-/m0/s1. The van der Waals surface area contributed by atoms with Gasteiger partial charge in [0.05, 0.1) is 29.5 Å². The van der Waals surface area contributed by atoms with Crippen LogP contribution in [0, 0.1) is 6.92 Å². The molecule has 2 aliphatic rings. The molecule has 0 spiro atoms. The number of nitrogens with zero attached hydrogens (tertiary/aromatic N) is 4. The van der Waals surface area contributed by atoms with Gasteiger partial charge >= 0.3 is 5.97 Å². The molecule has 4 heterocycles. The lowest BCUT2D eigenvalue weighted by Crippen LogP contribution is -2.50. The Morgan fingerprint density at radius 2 is 2.06 bits per heavy atom. The Kier molecular flexibility index (Phi) is 5.67. The van der Waals surface area contributed by atoms with Crippen LogP contribution in [0.1, 0.15) is 57.8 Å². The SMILES string of the molecule is Cc1c([C@@H]2CN(Cc3cn(-c4ccc(C(F)F)nc4)cn3)C[C@H](C)N2)ccc2c1COC2=O. The van der Waals surface area contributed by atoms with E-state index in [9.17, 15) is 13.6 Å². The molecule has 1 fully saturated rings. The van der Waals surface area contributed by atoms with Crippen molar-refractivity contribution in [2.24, 2.45) is 0 Å². The number of carbonyl (C=O) groups is 1. The molecule has 0 amide bonds. The van der Waals surface area contributed by atoms with Crippen LogP contribution in [0.5, 0.6) is 0 Å². The van der Waals surface area contributed by atoms with E-state index in [4.69, 9.17) is 4.74 Å². The molecule has 33 heavy (non-hydrogen) atoms. The fraction of sp³-hybridized carbons (Fsp3) is 0.375. The van der Waals surface area contributed by atoms with Crippen molar-refractivity contribution >= 4 is 5.97 Å². The number of hydrogen-bond donors (Lipinski definition) is 1. The van der Waals surface area contributed by atoms with Crippen molar-refractivity contribution in [3.05, 3.63) is 76.6 Å². The molecule has 1 aromatic carbocycles. The van der Waals surface area contributed by atoms with Gasteiger partial charge in [-0.05, 0) is 43.2 Å². The quantitative estimate of drug-likeness (QED) is 0.594. The summed E-state index contributed by atoms with van der Waals surface area (Å²) in [4.78, 5) is 22.6. The van der Waals surface area contributed by atoms with E-state index < -0.39 is 6.43 Å². The number of imidazole rings is 1. The maximum Gasteiger partial charge on any atom is 0.338 e. The first-order valence-corrected chi connectivity index (χ1v) is 10.9. The molecule has 0 saturated carbocycles. The molecule has 9 heteroatoms. The van der Waals surface area contributed by atoms with Gasteiger partial charge in [0.15, 0.2) is 0 Å². The van der Waals surface area contributed by atoms with Gasteiger partial charge in [0.1, 0.15) is 12.3 Å². The first-order chi connectivity index (χ1) is 15.9. The molecule has 2 aliphatic heterocycles. The maximum absolute atomic E-state index is 12.7. The number of pyridine rings is 1. The highest BCUT2D eigenvalue weighted by Crippen LogP contribution is 2.31. The average molecular weight is 453 g/mol. The second kappa shape index (κ2) is 8.64. The lowest BCUT2D eigenvalue weighted by molar-refractivity contribution is 0.0535. The normalized spacial score (nSPS) is 20.8. The summed E-state index contributed by atoms with van der Waals surface area (Å²) < 4.78 is 32.5. The molecule has 7 nitrogen and oxygen atoms in total. The molecule has 1 saturated heterocycles. The van der Waals surface area contributed by atoms with E-state index >= 15 is 0 Å². The zero-order valence-electron chi connectivity index (χ0n) is 18.5. The van der Waals surface area contributed by atoms with Crippen molar-refractivity contribution in [1.82, 2.24) is 24.8 Å². The lowest BCUT2D eigenvalue weighted by atomic mass is 9.92. The topological polar surface area (TPSA) is 72.3 Å². The molecule has 0 bridgehead atoms. The summed E-state index contributed by atoms with van der Waals surface area (Å²) in [6, 6.07) is 7.26. The van der Waals surface area contributed by atoms with Gasteiger partial charge in [-0.1, -0.05) is 6.07 Å². The molecule has 1 N–H and O–H groups in total. The van der Waals surface area contributed by atoms with Crippen LogP contribution in [0.25, 0.3) is 5.69 Å². The first kappa shape index (κ1) is 21.7. The molecule has 2 atom stereocenters. The number of benzene rings is 1. The highest BCUT2D eigenvalue weighted by atomic mass is 19.3. The van der Waals surface area contributed by atoms with Crippen molar-refractivity contribution in [2.75, 3.05) is 13.1 Å². The molecule has 0 unspecified atom stereocenters. The van der Waals surface area contributed by atoms with E-state index in [2.05, 4.69) is 34.0 Å². The monoisotopic (exact) mass is 453 g/mol. The van der Waals surface area contributed by atoms with E-state index in [1.807, 2.05) is 18.3 Å². The predicted octanol–water partition coefficient (Wildman–Crippen LogP) is 3.72. The number of nitrogens with one attached hydrogen (secondary N) is 1. The second-order valence-electron chi connectivity index (χ2n) is 8.71. The van der Waals surface area contributed by atoms with Crippen molar-refractivity contribution in [1.29, 1.82) is 0 Å². The third kappa shape index (κ3) is 4.26. The molecule has 5 rings (SSSR count). The number of alkyl halides is 2. The van der Waals surface area contributed by atoms with Crippen molar-refractivity contribution in [3.8, 4) is 5.69 Å². The van der Waals surface area contributed by atoms with E-state index in [-0.39, 0.29) is 23.7 Å². The summed E-state index contributed by atoms with van der Waals surface area (Å²) in [7, 11) is 0. The number of ether oxygens (including phenoxy) is 1. The van der Waals surface area contributed by atoms with Crippen LogP contribution in [0.4, 0.5) is 8.78 Å². The summed E-state index contributed by atoms with van der Waals surface area (Å²) in [5.41, 5.74) is 5.28. The Hall–Kier alpha value is -3.17. The van der Waals surface area contributed by atoms with E-state index in [1.54, 1.807) is 17.0 Å². The van der Waals surface area contributed by atoms with Gasteiger partial charge < -0.3 is 14.6 Å². The first-order valence-electron chi connectivity index (χ1n) is 10.9. The van der Waals surface area contributed by atoms with Gasteiger partial charge in [0.2, 0.25) is 0 Å². The fourth-order valence-corrected chi connectivity index (χ4v) is 4.73. The molecule has 0 aliphatic carbocycles. The van der Waals surface area contributed by atoms with Crippen LogP contribution >= 0.6 is 0 Å². The minimum absolute atomic E-state index is 0.128. The number of fused-ring (bicyclic) bond motifs is 1. The molecule has 0 radical (unpaired) electrons. The minimum Gasteiger partial charge on any atom is -0.457 e. The van der Waals surface area contributed by atoms with Crippen molar-refractivity contribution < 1.29 is 18.3 Å². The van der Waals surface area contributed by atoms with Crippen molar-refractivity contribution in [3.63, 3.8) is 0 Å². The largest absolute Gasteiger partial charge is 0.457 e. The number of esters is 1. The molecule has 3 aromatic rings. The van der Waals surface area contributed by atoms with Crippen LogP contribution in [0.2, 0.25) is 0 Å². The highest BCUT2D eigenvalue weighted by Gasteiger charge is 2.30. The van der Waals surface area contributed by atoms with E-state index in [0.717, 1.165) is 29.9 Å². The van der Waals surface area contributed by atoms with Crippen LogP contribution < -0.4 is 5.32 Å². The highest BCUT2D eigenvalue weighted by molar-refractivity contribution is 5.94. The number of halogens is 2. The Morgan fingerprint density at radius 1 is 1.21 bits per heavy atom. The summed E-state index contributed by atoms with van der Waals surface area (Å²) >= 11 is 0. The number of piperazine rings is 1. The molecular formula is C24H25F2N5O2. The lowest BCUT2D eigenvalue weighted by Gasteiger charge is -2.38. The maximum atomic E-state index is 12.7. The zero-order chi connectivity index (χ0) is 23.1. The molecule has 2 aromatic heterocycles.